The van der Waals surface area contributed by atoms with E-state index in [1.165, 1.54) is 7.11 Å². The number of esters is 1. The highest BCUT2D eigenvalue weighted by atomic mass is 79.9. The van der Waals surface area contributed by atoms with Gasteiger partial charge >= 0.3 is 5.97 Å². The molecule has 0 atom stereocenters. The van der Waals surface area contributed by atoms with Gasteiger partial charge in [0.1, 0.15) is 5.41 Å². The molecule has 0 heterocycles. The molecule has 3 heteroatoms. The van der Waals surface area contributed by atoms with Crippen molar-refractivity contribution in [3.05, 3.63) is 58.6 Å². The maximum atomic E-state index is 12.1. The van der Waals surface area contributed by atoms with Crippen molar-refractivity contribution >= 4 is 21.9 Å². The van der Waals surface area contributed by atoms with Crippen molar-refractivity contribution in [3.8, 4) is 0 Å². The molecular weight excluding hydrogens is 292 g/mol. The zero-order valence-corrected chi connectivity index (χ0v) is 11.8. The second-order valence-corrected chi connectivity index (χ2v) is 5.19. The Morgan fingerprint density at radius 3 is 2.61 bits per heavy atom. The van der Waals surface area contributed by atoms with Crippen LogP contribution in [0.2, 0.25) is 0 Å². The normalized spacial score (nSPS) is 16.6. The molecule has 0 spiro atoms. The van der Waals surface area contributed by atoms with Crippen LogP contribution in [0.3, 0.4) is 0 Å². The first-order chi connectivity index (χ1) is 8.68. The Bertz CT molecular complexity index is 491. The van der Waals surface area contributed by atoms with Crippen LogP contribution in [0.4, 0.5) is 0 Å². The second kappa shape index (κ2) is 5.53. The maximum Gasteiger partial charge on any atom is 0.319 e. The molecule has 0 aliphatic heterocycles. The third kappa shape index (κ3) is 2.56. The van der Waals surface area contributed by atoms with Gasteiger partial charge in [0, 0.05) is 4.47 Å². The van der Waals surface area contributed by atoms with Gasteiger partial charge < -0.3 is 4.74 Å². The molecule has 0 saturated heterocycles. The van der Waals surface area contributed by atoms with E-state index in [0.29, 0.717) is 6.42 Å². The molecule has 0 amide bonds. The van der Waals surface area contributed by atoms with Crippen molar-refractivity contribution in [2.45, 2.75) is 12.8 Å². The molecule has 2 nitrogen and oxygen atoms in total. The summed E-state index contributed by atoms with van der Waals surface area (Å²) in [5, 5.41) is 0. The number of carbonyl (C=O) groups excluding carboxylic acids is 1. The topological polar surface area (TPSA) is 26.3 Å². The number of benzene rings is 1. The largest absolute Gasteiger partial charge is 0.468 e. The highest BCUT2D eigenvalue weighted by Crippen LogP contribution is 2.33. The number of halogens is 1. The van der Waals surface area contributed by atoms with Gasteiger partial charge in [-0.15, -0.1) is 0 Å². The molecule has 1 aromatic rings. The molecule has 0 bridgehead atoms. The highest BCUT2D eigenvalue weighted by Gasteiger charge is 2.35. The Balaban J connectivity index is 2.35. The Labute approximate surface area is 115 Å². The molecule has 0 saturated carbocycles. The predicted molar refractivity (Wildman–Crippen MR) is 75.2 cm³/mol. The smallest absolute Gasteiger partial charge is 0.319 e. The minimum atomic E-state index is -0.670. The van der Waals surface area contributed by atoms with Crippen molar-refractivity contribution in [3.63, 3.8) is 0 Å². The number of allylic oxidation sites excluding steroid dienone is 2. The van der Waals surface area contributed by atoms with Crippen LogP contribution in [0.1, 0.15) is 12.0 Å². The van der Waals surface area contributed by atoms with Gasteiger partial charge in [0.2, 0.25) is 0 Å². The van der Waals surface area contributed by atoms with E-state index in [0.717, 1.165) is 16.5 Å². The van der Waals surface area contributed by atoms with Gasteiger partial charge in [0.05, 0.1) is 7.11 Å². The van der Waals surface area contributed by atoms with Crippen molar-refractivity contribution in [2.24, 2.45) is 5.41 Å². The lowest BCUT2D eigenvalue weighted by Gasteiger charge is -2.26. The molecule has 1 aromatic carbocycles. The average Bonchev–Trinajstić information content (AvgIpc) is 2.41. The van der Waals surface area contributed by atoms with Crippen LogP contribution in [0.25, 0.3) is 0 Å². The van der Waals surface area contributed by atoms with E-state index in [9.17, 15) is 4.79 Å². The molecular formula is C15H15BrO2. The van der Waals surface area contributed by atoms with Crippen LogP contribution in [-0.2, 0) is 16.0 Å². The van der Waals surface area contributed by atoms with Gasteiger partial charge in [0.25, 0.3) is 0 Å². The third-order valence-corrected chi connectivity index (χ3v) is 3.88. The number of carbonyl (C=O) groups is 1. The van der Waals surface area contributed by atoms with Crippen molar-refractivity contribution in [1.29, 1.82) is 0 Å². The van der Waals surface area contributed by atoms with E-state index in [4.69, 9.17) is 4.74 Å². The Kier molecular flexibility index (Phi) is 4.02. The van der Waals surface area contributed by atoms with E-state index < -0.39 is 5.41 Å². The van der Waals surface area contributed by atoms with Gasteiger partial charge in [-0.1, -0.05) is 58.4 Å². The summed E-state index contributed by atoms with van der Waals surface area (Å²) < 4.78 is 5.96. The van der Waals surface area contributed by atoms with Crippen molar-refractivity contribution < 1.29 is 9.53 Å². The van der Waals surface area contributed by atoms with E-state index in [2.05, 4.69) is 15.9 Å². The summed E-state index contributed by atoms with van der Waals surface area (Å²) >= 11 is 3.52. The minimum Gasteiger partial charge on any atom is -0.468 e. The van der Waals surface area contributed by atoms with Crippen LogP contribution in [-0.4, -0.2) is 13.1 Å². The summed E-state index contributed by atoms with van der Waals surface area (Å²) in [6.07, 6.45) is 9.38. The number of methoxy groups -OCH3 is 1. The lowest BCUT2D eigenvalue weighted by atomic mass is 9.78. The molecule has 0 aromatic heterocycles. The summed E-state index contributed by atoms with van der Waals surface area (Å²) in [5.74, 6) is -0.217. The zero-order valence-electron chi connectivity index (χ0n) is 10.2. The second-order valence-electron chi connectivity index (χ2n) is 4.34. The van der Waals surface area contributed by atoms with Crippen LogP contribution < -0.4 is 0 Å². The number of hydrogen-bond acceptors (Lipinski definition) is 2. The van der Waals surface area contributed by atoms with E-state index in [1.807, 2.05) is 48.6 Å². The van der Waals surface area contributed by atoms with E-state index in [-0.39, 0.29) is 5.97 Å². The summed E-state index contributed by atoms with van der Waals surface area (Å²) in [6.45, 7) is 0. The van der Waals surface area contributed by atoms with E-state index in [1.54, 1.807) is 0 Å². The Hall–Kier alpha value is -1.35. The monoisotopic (exact) mass is 306 g/mol. The SMILES string of the molecule is COC(=O)C1(Cc2ccccc2Br)C=CCC=C1. The summed E-state index contributed by atoms with van der Waals surface area (Å²) in [6, 6.07) is 7.94. The van der Waals surface area contributed by atoms with E-state index >= 15 is 0 Å². The highest BCUT2D eigenvalue weighted by molar-refractivity contribution is 9.10. The first-order valence-corrected chi connectivity index (χ1v) is 6.64. The van der Waals surface area contributed by atoms with Gasteiger partial charge in [0.15, 0.2) is 0 Å². The Morgan fingerprint density at radius 2 is 2.00 bits per heavy atom. The molecule has 94 valence electrons. The van der Waals surface area contributed by atoms with Gasteiger partial charge in [-0.3, -0.25) is 4.79 Å². The van der Waals surface area contributed by atoms with Crippen LogP contribution in [0.15, 0.2) is 53.0 Å². The molecule has 0 unspecified atom stereocenters. The summed E-state index contributed by atoms with van der Waals surface area (Å²) in [7, 11) is 1.43. The zero-order chi connectivity index (χ0) is 13.0. The molecule has 0 N–H and O–H groups in total. The molecule has 0 fully saturated rings. The lowest BCUT2D eigenvalue weighted by molar-refractivity contribution is -0.147. The first-order valence-electron chi connectivity index (χ1n) is 5.85. The molecule has 1 aliphatic carbocycles. The average molecular weight is 307 g/mol. The van der Waals surface area contributed by atoms with Crippen LogP contribution >= 0.6 is 15.9 Å². The maximum absolute atomic E-state index is 12.1. The van der Waals surface area contributed by atoms with Crippen LogP contribution in [0.5, 0.6) is 0 Å². The first kappa shape index (κ1) is 13.1. The van der Waals surface area contributed by atoms with Crippen molar-refractivity contribution in [1.82, 2.24) is 0 Å². The standard InChI is InChI=1S/C15H15BrO2/c1-18-14(17)15(9-5-2-6-10-15)11-12-7-3-4-8-13(12)16/h3-10H,2,11H2,1H3. The molecule has 2 rings (SSSR count). The number of hydrogen-bond donors (Lipinski definition) is 0. The molecule has 18 heavy (non-hydrogen) atoms. The minimum absolute atomic E-state index is 0.217. The summed E-state index contributed by atoms with van der Waals surface area (Å²) in [4.78, 5) is 12.1. The molecule has 1 aliphatic rings. The number of rotatable bonds is 3. The predicted octanol–water partition coefficient (Wildman–Crippen LogP) is 3.67. The fraction of sp³-hybridized carbons (Fsp3) is 0.267. The third-order valence-electron chi connectivity index (χ3n) is 3.11. The summed E-state index contributed by atoms with van der Waals surface area (Å²) in [5.41, 5.74) is 0.427. The van der Waals surface area contributed by atoms with Crippen LogP contribution in [0, 0.1) is 5.41 Å². The van der Waals surface area contributed by atoms with Crippen molar-refractivity contribution in [2.75, 3.05) is 7.11 Å². The fourth-order valence-corrected chi connectivity index (χ4v) is 2.59. The Morgan fingerprint density at radius 1 is 1.33 bits per heavy atom. The number of ether oxygens (including phenoxy) is 1. The van der Waals surface area contributed by atoms with Gasteiger partial charge in [-0.25, -0.2) is 0 Å². The fourth-order valence-electron chi connectivity index (χ4n) is 2.16. The van der Waals surface area contributed by atoms with Gasteiger partial charge in [-0.2, -0.15) is 0 Å². The molecule has 0 radical (unpaired) electrons. The van der Waals surface area contributed by atoms with Gasteiger partial charge in [-0.05, 0) is 24.5 Å². The quantitative estimate of drug-likeness (QED) is 0.629. The lowest BCUT2D eigenvalue weighted by Crippen LogP contribution is -2.31.